The fraction of sp³-hybridized carbons (Fsp3) is 0.600. The van der Waals surface area contributed by atoms with E-state index in [1.807, 2.05) is 12.1 Å². The van der Waals surface area contributed by atoms with Gasteiger partial charge in [0.25, 0.3) is 0 Å². The van der Waals surface area contributed by atoms with Crippen molar-refractivity contribution in [2.75, 3.05) is 6.61 Å². The van der Waals surface area contributed by atoms with Gasteiger partial charge in [-0.25, -0.2) is 0 Å². The zero-order valence-corrected chi connectivity index (χ0v) is 11.7. The quantitative estimate of drug-likeness (QED) is 0.761. The van der Waals surface area contributed by atoms with Crippen LogP contribution in [0.2, 0.25) is 5.02 Å². The maximum Gasteiger partial charge on any atom is 0.122 e. The van der Waals surface area contributed by atoms with Crippen LogP contribution >= 0.6 is 11.6 Å². The molecular weight excluding hydrogens is 232 g/mol. The first-order valence-corrected chi connectivity index (χ1v) is 6.78. The summed E-state index contributed by atoms with van der Waals surface area (Å²) in [6, 6.07) is 3.99. The van der Waals surface area contributed by atoms with E-state index in [2.05, 4.69) is 20.8 Å². The van der Waals surface area contributed by atoms with Crippen molar-refractivity contribution in [2.24, 2.45) is 5.41 Å². The molecule has 0 saturated heterocycles. The molecule has 0 radical (unpaired) electrons. The van der Waals surface area contributed by atoms with Gasteiger partial charge in [-0.05, 0) is 54.4 Å². The van der Waals surface area contributed by atoms with Gasteiger partial charge in [0.2, 0.25) is 0 Å². The number of halogens is 1. The first kappa shape index (κ1) is 12.8. The van der Waals surface area contributed by atoms with E-state index in [9.17, 15) is 0 Å². The Morgan fingerprint density at radius 3 is 2.59 bits per heavy atom. The number of benzene rings is 1. The summed E-state index contributed by atoms with van der Waals surface area (Å²) in [5, 5.41) is 0.903. The standard InChI is InChI=1S/C15H21ClO/c1-15(2,3)9-10-17-14-8-7-13(16)11-5-4-6-12(11)14/h7-8H,4-6,9-10H2,1-3H3. The molecule has 1 aromatic carbocycles. The Kier molecular flexibility index (Phi) is 3.67. The van der Waals surface area contributed by atoms with Gasteiger partial charge in [0.1, 0.15) is 5.75 Å². The van der Waals surface area contributed by atoms with E-state index in [-0.39, 0.29) is 0 Å². The van der Waals surface area contributed by atoms with Gasteiger partial charge in [0.15, 0.2) is 0 Å². The lowest BCUT2D eigenvalue weighted by molar-refractivity contribution is 0.241. The van der Waals surface area contributed by atoms with Crippen LogP contribution in [0.25, 0.3) is 0 Å². The van der Waals surface area contributed by atoms with Crippen LogP contribution in [-0.4, -0.2) is 6.61 Å². The molecule has 2 heteroatoms. The molecule has 0 atom stereocenters. The van der Waals surface area contributed by atoms with Crippen molar-refractivity contribution in [1.82, 2.24) is 0 Å². The van der Waals surface area contributed by atoms with E-state index in [4.69, 9.17) is 16.3 Å². The molecule has 0 amide bonds. The van der Waals surface area contributed by atoms with Crippen LogP contribution in [0, 0.1) is 5.41 Å². The monoisotopic (exact) mass is 252 g/mol. The van der Waals surface area contributed by atoms with Crippen molar-refractivity contribution in [2.45, 2.75) is 46.5 Å². The number of fused-ring (bicyclic) bond motifs is 1. The Balaban J connectivity index is 2.05. The third kappa shape index (κ3) is 3.16. The van der Waals surface area contributed by atoms with Crippen LogP contribution in [0.5, 0.6) is 5.75 Å². The molecule has 1 aromatic rings. The molecule has 0 aliphatic heterocycles. The van der Waals surface area contributed by atoms with Crippen LogP contribution in [0.15, 0.2) is 12.1 Å². The zero-order chi connectivity index (χ0) is 12.5. The molecule has 1 aliphatic rings. The maximum absolute atomic E-state index is 6.19. The minimum absolute atomic E-state index is 0.329. The van der Waals surface area contributed by atoms with Gasteiger partial charge in [0, 0.05) is 5.02 Å². The van der Waals surface area contributed by atoms with Crippen molar-refractivity contribution in [3.05, 3.63) is 28.3 Å². The fourth-order valence-electron chi connectivity index (χ4n) is 2.23. The summed E-state index contributed by atoms with van der Waals surface area (Å²) in [5.41, 5.74) is 2.97. The van der Waals surface area contributed by atoms with Gasteiger partial charge < -0.3 is 4.74 Å². The lowest BCUT2D eigenvalue weighted by Gasteiger charge is -2.19. The average Bonchev–Trinajstić information content (AvgIpc) is 2.69. The first-order chi connectivity index (χ1) is 7.97. The highest BCUT2D eigenvalue weighted by atomic mass is 35.5. The largest absolute Gasteiger partial charge is 0.493 e. The third-order valence-electron chi connectivity index (χ3n) is 3.29. The second-order valence-corrected chi connectivity index (χ2v) is 6.42. The van der Waals surface area contributed by atoms with Gasteiger partial charge in [-0.15, -0.1) is 0 Å². The highest BCUT2D eigenvalue weighted by Crippen LogP contribution is 2.35. The van der Waals surface area contributed by atoms with Crippen molar-refractivity contribution >= 4 is 11.6 Å². The summed E-state index contributed by atoms with van der Waals surface area (Å²) < 4.78 is 5.92. The number of ether oxygens (including phenoxy) is 1. The predicted octanol–water partition coefficient (Wildman–Crippen LogP) is 4.64. The van der Waals surface area contributed by atoms with Crippen molar-refractivity contribution in [3.63, 3.8) is 0 Å². The SMILES string of the molecule is CC(C)(C)CCOc1ccc(Cl)c2c1CCC2. The molecule has 0 saturated carbocycles. The smallest absolute Gasteiger partial charge is 0.122 e. The first-order valence-electron chi connectivity index (χ1n) is 6.40. The minimum atomic E-state index is 0.329. The third-order valence-corrected chi connectivity index (χ3v) is 3.65. The lowest BCUT2D eigenvalue weighted by atomic mass is 9.93. The molecular formula is C15H21ClO. The molecule has 94 valence electrons. The van der Waals surface area contributed by atoms with Crippen molar-refractivity contribution in [1.29, 1.82) is 0 Å². The van der Waals surface area contributed by atoms with Gasteiger partial charge in [-0.3, -0.25) is 0 Å². The highest BCUT2D eigenvalue weighted by Gasteiger charge is 2.19. The van der Waals surface area contributed by atoms with Gasteiger partial charge in [-0.1, -0.05) is 32.4 Å². The predicted molar refractivity (Wildman–Crippen MR) is 73.0 cm³/mol. The molecule has 2 rings (SSSR count). The number of rotatable bonds is 3. The van der Waals surface area contributed by atoms with Gasteiger partial charge >= 0.3 is 0 Å². The average molecular weight is 253 g/mol. The molecule has 0 bridgehead atoms. The van der Waals surface area contributed by atoms with Crippen LogP contribution < -0.4 is 4.74 Å². The molecule has 0 heterocycles. The summed E-state index contributed by atoms with van der Waals surface area (Å²) in [6.45, 7) is 7.51. The molecule has 0 fully saturated rings. The normalized spacial score (nSPS) is 14.8. The minimum Gasteiger partial charge on any atom is -0.493 e. The second kappa shape index (κ2) is 4.89. The molecule has 0 unspecified atom stereocenters. The second-order valence-electron chi connectivity index (χ2n) is 6.02. The van der Waals surface area contributed by atoms with E-state index < -0.39 is 0 Å². The molecule has 1 nitrogen and oxygen atoms in total. The van der Waals surface area contributed by atoms with Gasteiger partial charge in [0.05, 0.1) is 6.61 Å². The van der Waals surface area contributed by atoms with E-state index in [1.165, 1.54) is 17.5 Å². The Labute approximate surface area is 109 Å². The van der Waals surface area contributed by atoms with Crippen LogP contribution in [0.1, 0.15) is 44.7 Å². The molecule has 0 spiro atoms. The van der Waals surface area contributed by atoms with E-state index >= 15 is 0 Å². The molecule has 0 aromatic heterocycles. The summed E-state index contributed by atoms with van der Waals surface area (Å²) >= 11 is 6.19. The molecule has 0 N–H and O–H groups in total. The van der Waals surface area contributed by atoms with Gasteiger partial charge in [-0.2, -0.15) is 0 Å². The topological polar surface area (TPSA) is 9.23 Å². The lowest BCUT2D eigenvalue weighted by Crippen LogP contribution is -2.11. The maximum atomic E-state index is 6.19. The van der Waals surface area contributed by atoms with E-state index in [1.54, 1.807) is 0 Å². The number of hydrogen-bond donors (Lipinski definition) is 0. The summed E-state index contributed by atoms with van der Waals surface area (Å²) in [5.74, 6) is 1.05. The Hall–Kier alpha value is -0.690. The van der Waals surface area contributed by atoms with E-state index in [0.29, 0.717) is 5.41 Å². The van der Waals surface area contributed by atoms with Crippen LogP contribution in [-0.2, 0) is 12.8 Å². The Morgan fingerprint density at radius 2 is 1.88 bits per heavy atom. The van der Waals surface area contributed by atoms with Crippen molar-refractivity contribution in [3.8, 4) is 5.75 Å². The highest BCUT2D eigenvalue weighted by molar-refractivity contribution is 6.31. The van der Waals surface area contributed by atoms with Crippen molar-refractivity contribution < 1.29 is 4.74 Å². The summed E-state index contributed by atoms with van der Waals surface area (Å²) in [4.78, 5) is 0. The molecule has 17 heavy (non-hydrogen) atoms. The summed E-state index contributed by atoms with van der Waals surface area (Å²) in [7, 11) is 0. The Morgan fingerprint density at radius 1 is 1.18 bits per heavy atom. The van der Waals surface area contributed by atoms with E-state index in [0.717, 1.165) is 36.6 Å². The zero-order valence-electron chi connectivity index (χ0n) is 11.0. The molecule has 1 aliphatic carbocycles. The fourth-order valence-corrected chi connectivity index (χ4v) is 2.50. The van der Waals surface area contributed by atoms with Crippen LogP contribution in [0.3, 0.4) is 0 Å². The van der Waals surface area contributed by atoms with Crippen LogP contribution in [0.4, 0.5) is 0 Å². The number of hydrogen-bond acceptors (Lipinski definition) is 1. The Bertz CT molecular complexity index is 404. The summed E-state index contributed by atoms with van der Waals surface area (Å²) in [6.07, 6.45) is 4.49.